The molecule has 5 nitrogen and oxygen atoms in total. The van der Waals surface area contributed by atoms with Crippen LogP contribution in [0.2, 0.25) is 0 Å². The molecule has 2 aromatic heterocycles. The van der Waals surface area contributed by atoms with Crippen molar-refractivity contribution in [3.05, 3.63) is 59.7 Å². The molecule has 22 heavy (non-hydrogen) atoms. The van der Waals surface area contributed by atoms with Gasteiger partial charge >= 0.3 is 0 Å². The van der Waals surface area contributed by atoms with Crippen LogP contribution in [0.4, 0.5) is 5.82 Å². The quantitative estimate of drug-likeness (QED) is 0.728. The summed E-state index contributed by atoms with van der Waals surface area (Å²) >= 11 is 0. The lowest BCUT2D eigenvalue weighted by atomic mass is 10.1. The van der Waals surface area contributed by atoms with Crippen molar-refractivity contribution in [1.82, 2.24) is 9.97 Å². The van der Waals surface area contributed by atoms with Crippen LogP contribution >= 0.6 is 0 Å². The summed E-state index contributed by atoms with van der Waals surface area (Å²) in [5, 5.41) is 0.911. The minimum atomic E-state index is -0.0228. The number of hydrogen-bond acceptors (Lipinski definition) is 4. The number of pyridine rings is 2. The lowest BCUT2D eigenvalue weighted by Gasteiger charge is -2.14. The summed E-state index contributed by atoms with van der Waals surface area (Å²) in [6, 6.07) is 15.1. The van der Waals surface area contributed by atoms with E-state index in [0.717, 1.165) is 16.5 Å². The first kappa shape index (κ1) is 12.8. The number of anilines is 1. The Balaban J connectivity index is 1.77. The number of fused-ring (bicyclic) bond motifs is 2. The lowest BCUT2D eigenvalue weighted by Crippen LogP contribution is -2.24. The van der Waals surface area contributed by atoms with Gasteiger partial charge in [-0.05, 0) is 29.8 Å². The van der Waals surface area contributed by atoms with Crippen LogP contribution in [0.5, 0.6) is 5.88 Å². The minimum Gasteiger partial charge on any atom is -0.481 e. The maximum Gasteiger partial charge on any atom is 0.260 e. The molecule has 3 heterocycles. The van der Waals surface area contributed by atoms with E-state index < -0.39 is 0 Å². The Morgan fingerprint density at radius 3 is 2.68 bits per heavy atom. The predicted molar refractivity (Wildman–Crippen MR) is 83.0 cm³/mol. The van der Waals surface area contributed by atoms with Crippen molar-refractivity contribution in [2.24, 2.45) is 0 Å². The van der Waals surface area contributed by atoms with E-state index in [1.807, 2.05) is 42.5 Å². The highest BCUT2D eigenvalue weighted by molar-refractivity contribution is 6.09. The monoisotopic (exact) mass is 291 g/mol. The number of ether oxygens (including phenoxy) is 1. The molecule has 0 atom stereocenters. The van der Waals surface area contributed by atoms with Gasteiger partial charge in [0, 0.05) is 17.0 Å². The van der Waals surface area contributed by atoms with Gasteiger partial charge in [0.05, 0.1) is 13.7 Å². The van der Waals surface area contributed by atoms with Crippen LogP contribution < -0.4 is 9.64 Å². The number of amides is 1. The first-order valence-corrected chi connectivity index (χ1v) is 6.98. The third-order valence-corrected chi connectivity index (χ3v) is 3.82. The molecule has 3 aromatic rings. The van der Waals surface area contributed by atoms with E-state index in [0.29, 0.717) is 23.9 Å². The highest BCUT2D eigenvalue weighted by Crippen LogP contribution is 2.28. The second kappa shape index (κ2) is 4.80. The van der Waals surface area contributed by atoms with Gasteiger partial charge in [-0.3, -0.25) is 9.69 Å². The zero-order valence-electron chi connectivity index (χ0n) is 12.0. The van der Waals surface area contributed by atoms with Crippen molar-refractivity contribution < 1.29 is 9.53 Å². The van der Waals surface area contributed by atoms with Gasteiger partial charge in [0.25, 0.3) is 5.91 Å². The van der Waals surface area contributed by atoms with Crippen LogP contribution in [-0.2, 0) is 6.54 Å². The maximum atomic E-state index is 12.5. The van der Waals surface area contributed by atoms with E-state index >= 15 is 0 Å². The van der Waals surface area contributed by atoms with Crippen LogP contribution in [-0.4, -0.2) is 23.0 Å². The molecule has 108 valence electrons. The maximum absolute atomic E-state index is 12.5. The normalized spacial score (nSPS) is 13.5. The Hall–Kier alpha value is -2.95. The molecule has 0 spiro atoms. The van der Waals surface area contributed by atoms with Gasteiger partial charge in [-0.15, -0.1) is 0 Å². The van der Waals surface area contributed by atoms with Gasteiger partial charge in [-0.25, -0.2) is 4.98 Å². The number of methoxy groups -OCH3 is 1. The molecule has 0 radical (unpaired) electrons. The number of nitrogens with zero attached hydrogens (tertiary/aromatic N) is 3. The summed E-state index contributed by atoms with van der Waals surface area (Å²) in [4.78, 5) is 23.0. The molecular formula is C17H13N3O2. The third kappa shape index (κ3) is 1.90. The molecule has 0 saturated carbocycles. The van der Waals surface area contributed by atoms with E-state index in [9.17, 15) is 4.79 Å². The summed E-state index contributed by atoms with van der Waals surface area (Å²) in [7, 11) is 1.57. The Morgan fingerprint density at radius 1 is 1.05 bits per heavy atom. The number of carbonyl (C=O) groups is 1. The SMILES string of the molecule is COc1ccc2ccc(N3Cc4ccccc4C3=O)nc2n1. The summed E-state index contributed by atoms with van der Waals surface area (Å²) in [5.74, 6) is 1.09. The Morgan fingerprint density at radius 2 is 1.86 bits per heavy atom. The molecule has 0 fully saturated rings. The van der Waals surface area contributed by atoms with Crippen LogP contribution in [0.25, 0.3) is 11.0 Å². The number of rotatable bonds is 2. The third-order valence-electron chi connectivity index (χ3n) is 3.82. The van der Waals surface area contributed by atoms with Crippen molar-refractivity contribution >= 4 is 22.8 Å². The molecule has 1 amide bonds. The highest BCUT2D eigenvalue weighted by Gasteiger charge is 2.28. The molecule has 4 rings (SSSR count). The second-order valence-electron chi connectivity index (χ2n) is 5.12. The van der Waals surface area contributed by atoms with Gasteiger partial charge in [0.15, 0.2) is 5.65 Å². The molecule has 5 heteroatoms. The largest absolute Gasteiger partial charge is 0.481 e. The molecule has 1 aliphatic heterocycles. The van der Waals surface area contributed by atoms with E-state index in [-0.39, 0.29) is 5.91 Å². The summed E-state index contributed by atoms with van der Waals surface area (Å²) in [6.07, 6.45) is 0. The first-order chi connectivity index (χ1) is 10.8. The van der Waals surface area contributed by atoms with Gasteiger partial charge in [-0.2, -0.15) is 4.98 Å². The van der Waals surface area contributed by atoms with E-state index in [4.69, 9.17) is 4.74 Å². The Kier molecular flexibility index (Phi) is 2.79. The summed E-state index contributed by atoms with van der Waals surface area (Å²) < 4.78 is 5.13. The van der Waals surface area contributed by atoms with Crippen molar-refractivity contribution in [1.29, 1.82) is 0 Å². The molecule has 0 unspecified atom stereocenters. The van der Waals surface area contributed by atoms with Crippen molar-refractivity contribution in [3.63, 3.8) is 0 Å². The Labute approximate surface area is 127 Å². The Bertz CT molecular complexity index is 892. The van der Waals surface area contributed by atoms with Gasteiger partial charge < -0.3 is 4.74 Å². The molecule has 1 aromatic carbocycles. The fraction of sp³-hybridized carbons (Fsp3) is 0.118. The molecule has 0 aliphatic carbocycles. The summed E-state index contributed by atoms with van der Waals surface area (Å²) in [6.45, 7) is 0.539. The fourth-order valence-corrected chi connectivity index (χ4v) is 2.67. The van der Waals surface area contributed by atoms with Crippen LogP contribution in [0.15, 0.2) is 48.5 Å². The van der Waals surface area contributed by atoms with Gasteiger partial charge in [-0.1, -0.05) is 18.2 Å². The number of benzene rings is 1. The topological polar surface area (TPSA) is 55.3 Å². The molecule has 0 saturated heterocycles. The second-order valence-corrected chi connectivity index (χ2v) is 5.12. The molecule has 0 N–H and O–H groups in total. The number of aromatic nitrogens is 2. The lowest BCUT2D eigenvalue weighted by molar-refractivity contribution is 0.0996. The zero-order valence-corrected chi connectivity index (χ0v) is 12.0. The first-order valence-electron chi connectivity index (χ1n) is 6.98. The zero-order chi connectivity index (χ0) is 15.1. The summed E-state index contributed by atoms with van der Waals surface area (Å²) in [5.41, 5.74) is 2.33. The predicted octanol–water partition coefficient (Wildman–Crippen LogP) is 2.80. The van der Waals surface area contributed by atoms with E-state index in [2.05, 4.69) is 9.97 Å². The van der Waals surface area contributed by atoms with Crippen molar-refractivity contribution in [2.75, 3.05) is 12.0 Å². The van der Waals surface area contributed by atoms with Gasteiger partial charge in [0.2, 0.25) is 5.88 Å². The van der Waals surface area contributed by atoms with E-state index in [1.54, 1.807) is 18.1 Å². The smallest absolute Gasteiger partial charge is 0.260 e. The highest BCUT2D eigenvalue weighted by atomic mass is 16.5. The number of carbonyl (C=O) groups excluding carboxylic acids is 1. The van der Waals surface area contributed by atoms with Crippen molar-refractivity contribution in [2.45, 2.75) is 6.54 Å². The number of hydrogen-bond donors (Lipinski definition) is 0. The van der Waals surface area contributed by atoms with Gasteiger partial charge in [0.1, 0.15) is 5.82 Å². The molecule has 1 aliphatic rings. The molecule has 0 bridgehead atoms. The van der Waals surface area contributed by atoms with Crippen molar-refractivity contribution in [3.8, 4) is 5.88 Å². The van der Waals surface area contributed by atoms with Crippen LogP contribution in [0.1, 0.15) is 15.9 Å². The average molecular weight is 291 g/mol. The van der Waals surface area contributed by atoms with Crippen LogP contribution in [0, 0.1) is 0 Å². The van der Waals surface area contributed by atoms with E-state index in [1.165, 1.54) is 0 Å². The fourth-order valence-electron chi connectivity index (χ4n) is 2.67. The standard InChI is InChI=1S/C17H13N3O2/c1-22-15-9-7-11-6-8-14(18-16(11)19-15)20-10-12-4-2-3-5-13(12)17(20)21/h2-9H,10H2,1H3. The van der Waals surface area contributed by atoms with Crippen LogP contribution in [0.3, 0.4) is 0 Å². The molecular weight excluding hydrogens is 278 g/mol. The average Bonchev–Trinajstić information content (AvgIpc) is 2.91. The minimum absolute atomic E-state index is 0.0228.